The molecular formula is C8H12F3NO5S. The van der Waals surface area contributed by atoms with Crippen molar-refractivity contribution in [1.29, 1.82) is 0 Å². The van der Waals surface area contributed by atoms with Gasteiger partial charge >= 0.3 is 22.6 Å². The lowest BCUT2D eigenvalue weighted by atomic mass is 10.2. The van der Waals surface area contributed by atoms with Crippen LogP contribution in [0.25, 0.3) is 0 Å². The van der Waals surface area contributed by atoms with E-state index in [0.29, 0.717) is 0 Å². The molecule has 1 amide bonds. The molecule has 1 saturated heterocycles. The van der Waals surface area contributed by atoms with Crippen molar-refractivity contribution in [2.75, 3.05) is 6.56 Å². The number of carbonyl (C=O) groups is 1. The molecule has 1 fully saturated rings. The molecule has 1 unspecified atom stereocenters. The largest absolute Gasteiger partial charge is 0.443 e. The first-order valence-electron chi connectivity index (χ1n) is 5.63. The van der Waals surface area contributed by atoms with Gasteiger partial charge in [-0.1, -0.05) is 0 Å². The molecule has 6 nitrogen and oxygen atoms in total. The third kappa shape index (κ3) is 3.25. The fourth-order valence-electron chi connectivity index (χ4n) is 1.03. The van der Waals surface area contributed by atoms with Gasteiger partial charge in [0.25, 0.3) is 0 Å². The number of carbonyl (C=O) groups excluding carboxylic acids is 1. The molecule has 0 radical (unpaired) electrons. The van der Waals surface area contributed by atoms with Crippen molar-refractivity contribution < 1.29 is 38.0 Å². The first kappa shape index (κ1) is 12.0. The lowest BCUT2D eigenvalue weighted by molar-refractivity contribution is -0.168. The van der Waals surface area contributed by atoms with Gasteiger partial charge in [-0.25, -0.2) is 4.79 Å². The van der Waals surface area contributed by atoms with Gasteiger partial charge in [0, 0.05) is 0 Å². The summed E-state index contributed by atoms with van der Waals surface area (Å²) < 4.78 is 82.8. The van der Waals surface area contributed by atoms with Crippen LogP contribution in [-0.4, -0.2) is 43.2 Å². The summed E-state index contributed by atoms with van der Waals surface area (Å²) in [7, 11) is -5.23. The molecule has 0 aromatic rings. The molecule has 1 atom stereocenters. The monoisotopic (exact) mass is 293 g/mol. The van der Waals surface area contributed by atoms with Crippen LogP contribution in [0.5, 0.6) is 0 Å². The maximum atomic E-state index is 12.8. The summed E-state index contributed by atoms with van der Waals surface area (Å²) in [5.41, 5.74) is -1.27. The van der Waals surface area contributed by atoms with Crippen LogP contribution in [0.4, 0.5) is 18.0 Å². The zero-order valence-corrected chi connectivity index (χ0v) is 10.4. The van der Waals surface area contributed by atoms with Gasteiger partial charge in [0.2, 0.25) is 0 Å². The Morgan fingerprint density at radius 3 is 2.33 bits per heavy atom. The Morgan fingerprint density at radius 2 is 1.94 bits per heavy atom. The summed E-state index contributed by atoms with van der Waals surface area (Å²) in [6.07, 6.45) is -7.22. The standard InChI is InChI=1S/C8H12F3NO5S/c1-7(2,3)17-6(13)12-5(8(9,10)11)4-16-18(12,14)15/h5H,4H2,1-3H3/i4D2. The molecule has 1 heterocycles. The van der Waals surface area contributed by atoms with E-state index in [1.165, 1.54) is 20.8 Å². The van der Waals surface area contributed by atoms with E-state index < -0.39 is 45.1 Å². The fourth-order valence-corrected chi connectivity index (χ4v) is 1.96. The van der Waals surface area contributed by atoms with Crippen molar-refractivity contribution in [1.82, 2.24) is 4.31 Å². The average molecular weight is 293 g/mol. The minimum atomic E-state index is -5.36. The highest BCUT2D eigenvalue weighted by atomic mass is 32.2. The predicted octanol–water partition coefficient (Wildman–Crippen LogP) is 1.43. The number of hydrogen-bond donors (Lipinski definition) is 0. The number of rotatable bonds is 0. The maximum absolute atomic E-state index is 12.8. The maximum Gasteiger partial charge on any atom is 0.426 e. The van der Waals surface area contributed by atoms with Crippen LogP contribution in [0.15, 0.2) is 0 Å². The number of hydrogen-bond acceptors (Lipinski definition) is 5. The summed E-state index contributed by atoms with van der Waals surface area (Å²) >= 11 is 0. The summed E-state index contributed by atoms with van der Waals surface area (Å²) in [5.74, 6) is 0. The van der Waals surface area contributed by atoms with Gasteiger partial charge in [-0.3, -0.25) is 4.18 Å². The number of nitrogens with zero attached hydrogens (tertiary/aromatic N) is 1. The first-order chi connectivity index (χ1) is 8.58. The topological polar surface area (TPSA) is 72.9 Å². The molecule has 0 spiro atoms. The Labute approximate surface area is 105 Å². The summed E-state index contributed by atoms with van der Waals surface area (Å²) in [4.78, 5) is 11.6. The molecule has 1 aliphatic heterocycles. The van der Waals surface area contributed by atoms with E-state index in [0.717, 1.165) is 0 Å². The Morgan fingerprint density at radius 1 is 1.44 bits per heavy atom. The van der Waals surface area contributed by atoms with Crippen LogP contribution in [0.2, 0.25) is 0 Å². The lowest BCUT2D eigenvalue weighted by Gasteiger charge is -2.26. The SMILES string of the molecule is [2H]C1([2H])OS(=O)(=O)N(C(=O)OC(C)(C)C)C1C(F)(F)F. The highest BCUT2D eigenvalue weighted by molar-refractivity contribution is 7.85. The quantitative estimate of drug-likeness (QED) is 0.675. The van der Waals surface area contributed by atoms with Crippen LogP contribution in [0, 0.1) is 0 Å². The Hall–Kier alpha value is -1.03. The molecule has 0 aromatic carbocycles. The van der Waals surface area contributed by atoms with Gasteiger partial charge in [0.1, 0.15) is 5.60 Å². The Bertz CT molecular complexity index is 513. The van der Waals surface area contributed by atoms with Crippen LogP contribution in [0.3, 0.4) is 0 Å². The third-order valence-corrected chi connectivity index (χ3v) is 2.77. The average Bonchev–Trinajstić information content (AvgIpc) is 2.25. The second kappa shape index (κ2) is 4.26. The van der Waals surface area contributed by atoms with Crippen molar-refractivity contribution in [3.05, 3.63) is 0 Å². The smallest absolute Gasteiger partial charge is 0.426 e. The van der Waals surface area contributed by atoms with E-state index in [9.17, 15) is 26.4 Å². The molecule has 0 aliphatic carbocycles. The van der Waals surface area contributed by atoms with Gasteiger partial charge in [-0.15, -0.1) is 0 Å². The van der Waals surface area contributed by atoms with Gasteiger partial charge in [-0.2, -0.15) is 25.9 Å². The molecule has 18 heavy (non-hydrogen) atoms. The van der Waals surface area contributed by atoms with Crippen LogP contribution in [-0.2, 0) is 19.2 Å². The molecule has 0 saturated carbocycles. The van der Waals surface area contributed by atoms with E-state index >= 15 is 0 Å². The van der Waals surface area contributed by atoms with Crippen molar-refractivity contribution in [2.45, 2.75) is 38.6 Å². The predicted molar refractivity (Wildman–Crippen MR) is 52.8 cm³/mol. The summed E-state index contributed by atoms with van der Waals surface area (Å²) in [6, 6.07) is -3.31. The van der Waals surface area contributed by atoms with Crippen molar-refractivity contribution in [3.63, 3.8) is 0 Å². The highest BCUT2D eigenvalue weighted by Gasteiger charge is 2.57. The second-order valence-electron chi connectivity index (χ2n) is 4.38. The van der Waals surface area contributed by atoms with Crippen LogP contribution >= 0.6 is 0 Å². The van der Waals surface area contributed by atoms with Crippen LogP contribution < -0.4 is 0 Å². The lowest BCUT2D eigenvalue weighted by Crippen LogP contribution is -2.49. The van der Waals surface area contributed by atoms with E-state index in [4.69, 9.17) is 2.74 Å². The molecule has 10 heteroatoms. The molecular weight excluding hydrogens is 279 g/mol. The van der Waals surface area contributed by atoms with Gasteiger partial charge in [0.15, 0.2) is 6.04 Å². The number of halogens is 3. The zero-order chi connectivity index (χ0) is 16.1. The van der Waals surface area contributed by atoms with Crippen molar-refractivity contribution in [2.24, 2.45) is 0 Å². The number of alkyl halides is 3. The highest BCUT2D eigenvalue weighted by Crippen LogP contribution is 2.33. The third-order valence-electron chi connectivity index (χ3n) is 1.62. The number of amides is 1. The Balaban J connectivity index is 3.29. The van der Waals surface area contributed by atoms with Crippen molar-refractivity contribution in [3.8, 4) is 0 Å². The normalized spacial score (nSPS) is 28.6. The van der Waals surface area contributed by atoms with Gasteiger partial charge in [0.05, 0.1) is 9.30 Å². The minimum Gasteiger partial charge on any atom is -0.443 e. The van der Waals surface area contributed by atoms with E-state index in [1.807, 2.05) is 0 Å². The van der Waals surface area contributed by atoms with E-state index in [1.54, 1.807) is 0 Å². The summed E-state index contributed by atoms with van der Waals surface area (Å²) in [5, 5.41) is 0. The molecule has 0 N–H and O–H groups in total. The summed E-state index contributed by atoms with van der Waals surface area (Å²) in [6.45, 7) is 0.303. The Kier molecular flexibility index (Phi) is 2.85. The van der Waals surface area contributed by atoms with Crippen LogP contribution in [0.1, 0.15) is 23.5 Å². The van der Waals surface area contributed by atoms with Crippen molar-refractivity contribution >= 4 is 16.4 Å². The zero-order valence-electron chi connectivity index (χ0n) is 11.6. The molecule has 106 valence electrons. The first-order valence-corrected chi connectivity index (χ1v) is 5.99. The van der Waals surface area contributed by atoms with Gasteiger partial charge < -0.3 is 4.74 Å². The second-order valence-corrected chi connectivity index (χ2v) is 5.79. The fraction of sp³-hybridized carbons (Fsp3) is 0.875. The minimum absolute atomic E-state index is 0.766. The molecule has 0 bridgehead atoms. The van der Waals surface area contributed by atoms with Gasteiger partial charge in [-0.05, 0) is 20.8 Å². The van der Waals surface area contributed by atoms with E-state index in [-0.39, 0.29) is 0 Å². The van der Waals surface area contributed by atoms with E-state index in [2.05, 4.69) is 8.92 Å². The molecule has 1 rings (SSSR count). The molecule has 0 aromatic heterocycles. The number of ether oxygens (including phenoxy) is 1. The molecule has 1 aliphatic rings.